The normalized spacial score (nSPS) is 12.4. The van der Waals surface area contributed by atoms with Gasteiger partial charge in [-0.3, -0.25) is 4.79 Å². The van der Waals surface area contributed by atoms with E-state index >= 15 is 0 Å². The molecule has 140 valence electrons. The molecule has 4 nitrogen and oxygen atoms in total. The van der Waals surface area contributed by atoms with E-state index in [2.05, 4.69) is 5.32 Å². The summed E-state index contributed by atoms with van der Waals surface area (Å²) in [5.74, 6) is 0.930. The second kappa shape index (κ2) is 8.12. The molecule has 0 heterocycles. The Bertz CT molecular complexity index is 758. The lowest BCUT2D eigenvalue weighted by Crippen LogP contribution is -2.28. The van der Waals surface area contributed by atoms with Crippen LogP contribution in [0, 0.1) is 0 Å². The lowest BCUT2D eigenvalue weighted by atomic mass is 10.1. The number of carbonyl (C=O) groups is 1. The molecular formula is C19H20F3NO3. The van der Waals surface area contributed by atoms with E-state index in [1.54, 1.807) is 32.2 Å². The summed E-state index contributed by atoms with van der Waals surface area (Å²) >= 11 is 0. The Morgan fingerprint density at radius 2 is 1.73 bits per heavy atom. The van der Waals surface area contributed by atoms with Gasteiger partial charge in [0.2, 0.25) is 5.91 Å². The van der Waals surface area contributed by atoms with Gasteiger partial charge in [-0.05, 0) is 42.8 Å². The fraction of sp³-hybridized carbons (Fsp3) is 0.316. The summed E-state index contributed by atoms with van der Waals surface area (Å²) in [6.45, 7) is 1.79. The van der Waals surface area contributed by atoms with Crippen LogP contribution in [0.25, 0.3) is 0 Å². The number of amides is 1. The molecule has 0 aliphatic rings. The maximum atomic E-state index is 12.6. The standard InChI is InChI=1S/C19H20F3NO3/c1-12(16-11-15(25-2)8-9-17(16)26-3)23-18(24)10-13-4-6-14(7-5-13)19(20,21)22/h4-9,11-12H,10H2,1-3H3,(H,23,24). The van der Waals surface area contributed by atoms with E-state index in [4.69, 9.17) is 9.47 Å². The van der Waals surface area contributed by atoms with Crippen LogP contribution in [0.2, 0.25) is 0 Å². The topological polar surface area (TPSA) is 47.6 Å². The van der Waals surface area contributed by atoms with Crippen molar-refractivity contribution in [3.05, 3.63) is 59.2 Å². The van der Waals surface area contributed by atoms with Crippen LogP contribution in [0.15, 0.2) is 42.5 Å². The van der Waals surface area contributed by atoms with Crippen molar-refractivity contribution in [2.75, 3.05) is 14.2 Å². The highest BCUT2D eigenvalue weighted by atomic mass is 19.4. The van der Waals surface area contributed by atoms with Crippen LogP contribution in [-0.4, -0.2) is 20.1 Å². The average molecular weight is 367 g/mol. The first-order chi connectivity index (χ1) is 12.2. The molecule has 0 fully saturated rings. The Kier molecular flexibility index (Phi) is 6.13. The number of methoxy groups -OCH3 is 2. The summed E-state index contributed by atoms with van der Waals surface area (Å²) < 4.78 is 48.2. The van der Waals surface area contributed by atoms with Gasteiger partial charge < -0.3 is 14.8 Å². The van der Waals surface area contributed by atoms with Gasteiger partial charge in [-0.15, -0.1) is 0 Å². The summed E-state index contributed by atoms with van der Waals surface area (Å²) in [4.78, 5) is 12.2. The van der Waals surface area contributed by atoms with E-state index in [1.165, 1.54) is 19.2 Å². The molecular weight excluding hydrogens is 347 g/mol. The van der Waals surface area contributed by atoms with Crippen molar-refractivity contribution in [1.29, 1.82) is 0 Å². The minimum absolute atomic E-state index is 0.0191. The van der Waals surface area contributed by atoms with Crippen LogP contribution in [0.5, 0.6) is 11.5 Å². The number of halogens is 3. The quantitative estimate of drug-likeness (QED) is 0.835. The first-order valence-electron chi connectivity index (χ1n) is 7.92. The van der Waals surface area contributed by atoms with Crippen LogP contribution in [0.3, 0.4) is 0 Å². The zero-order valence-electron chi connectivity index (χ0n) is 14.7. The fourth-order valence-corrected chi connectivity index (χ4v) is 2.55. The van der Waals surface area contributed by atoms with E-state index in [-0.39, 0.29) is 18.4 Å². The molecule has 0 radical (unpaired) electrons. The van der Waals surface area contributed by atoms with Crippen molar-refractivity contribution in [2.45, 2.75) is 25.6 Å². The van der Waals surface area contributed by atoms with Crippen LogP contribution in [0.1, 0.15) is 29.7 Å². The number of benzene rings is 2. The monoisotopic (exact) mass is 367 g/mol. The molecule has 0 bridgehead atoms. The zero-order chi connectivity index (χ0) is 19.3. The van der Waals surface area contributed by atoms with Gasteiger partial charge in [0.15, 0.2) is 0 Å². The fourth-order valence-electron chi connectivity index (χ4n) is 2.55. The Morgan fingerprint density at radius 3 is 2.27 bits per heavy atom. The number of hydrogen-bond acceptors (Lipinski definition) is 3. The summed E-state index contributed by atoms with van der Waals surface area (Å²) in [5.41, 5.74) is 0.504. The number of alkyl halides is 3. The predicted octanol–water partition coefficient (Wildman–Crippen LogP) is 4.14. The van der Waals surface area contributed by atoms with Gasteiger partial charge in [-0.25, -0.2) is 0 Å². The first kappa shape index (κ1) is 19.6. The van der Waals surface area contributed by atoms with Gasteiger partial charge >= 0.3 is 6.18 Å². The molecule has 0 aliphatic carbocycles. The van der Waals surface area contributed by atoms with Gasteiger partial charge in [-0.1, -0.05) is 12.1 Å². The molecule has 0 spiro atoms. The molecule has 0 aromatic heterocycles. The van der Waals surface area contributed by atoms with Crippen molar-refractivity contribution in [1.82, 2.24) is 5.32 Å². The number of hydrogen-bond donors (Lipinski definition) is 1. The smallest absolute Gasteiger partial charge is 0.416 e. The van der Waals surface area contributed by atoms with Crippen LogP contribution >= 0.6 is 0 Å². The second-order valence-corrected chi connectivity index (χ2v) is 5.77. The van der Waals surface area contributed by atoms with Crippen molar-refractivity contribution in [3.8, 4) is 11.5 Å². The molecule has 0 saturated carbocycles. The molecule has 2 aromatic carbocycles. The number of carbonyl (C=O) groups excluding carboxylic acids is 1. The average Bonchev–Trinajstić information content (AvgIpc) is 2.60. The van der Waals surface area contributed by atoms with Crippen LogP contribution < -0.4 is 14.8 Å². The number of rotatable bonds is 6. The Hall–Kier alpha value is -2.70. The molecule has 0 aliphatic heterocycles. The largest absolute Gasteiger partial charge is 0.497 e. The number of ether oxygens (including phenoxy) is 2. The van der Waals surface area contributed by atoms with Gasteiger partial charge in [0.05, 0.1) is 32.2 Å². The third-order valence-electron chi connectivity index (χ3n) is 3.93. The van der Waals surface area contributed by atoms with E-state index in [9.17, 15) is 18.0 Å². The summed E-state index contributed by atoms with van der Waals surface area (Å²) in [7, 11) is 3.07. The van der Waals surface area contributed by atoms with Gasteiger partial charge in [0, 0.05) is 5.56 Å². The van der Waals surface area contributed by atoms with Crippen LogP contribution in [0.4, 0.5) is 13.2 Å². The van der Waals surface area contributed by atoms with E-state index < -0.39 is 11.7 Å². The third kappa shape index (κ3) is 4.91. The number of nitrogens with one attached hydrogen (secondary N) is 1. The Balaban J connectivity index is 2.05. The van der Waals surface area contributed by atoms with E-state index in [0.29, 0.717) is 17.1 Å². The third-order valence-corrected chi connectivity index (χ3v) is 3.93. The molecule has 1 atom stereocenters. The predicted molar refractivity (Wildman–Crippen MR) is 91.3 cm³/mol. The highest BCUT2D eigenvalue weighted by Crippen LogP contribution is 2.30. The molecule has 2 aromatic rings. The molecule has 1 unspecified atom stereocenters. The second-order valence-electron chi connectivity index (χ2n) is 5.77. The van der Waals surface area contributed by atoms with Crippen molar-refractivity contribution >= 4 is 5.91 Å². The molecule has 0 saturated heterocycles. The molecule has 2 rings (SSSR count). The van der Waals surface area contributed by atoms with Gasteiger partial charge in [0.1, 0.15) is 11.5 Å². The van der Waals surface area contributed by atoms with Gasteiger partial charge in [-0.2, -0.15) is 13.2 Å². The Labute approximate surface area is 149 Å². The lowest BCUT2D eigenvalue weighted by molar-refractivity contribution is -0.137. The maximum Gasteiger partial charge on any atom is 0.416 e. The first-order valence-corrected chi connectivity index (χ1v) is 7.92. The van der Waals surface area contributed by atoms with E-state index in [0.717, 1.165) is 17.7 Å². The molecule has 1 amide bonds. The van der Waals surface area contributed by atoms with Crippen molar-refractivity contribution in [2.24, 2.45) is 0 Å². The summed E-state index contributed by atoms with van der Waals surface area (Å²) in [6, 6.07) is 9.45. The van der Waals surface area contributed by atoms with Crippen molar-refractivity contribution < 1.29 is 27.4 Å². The van der Waals surface area contributed by atoms with E-state index in [1.807, 2.05) is 0 Å². The summed E-state index contributed by atoms with van der Waals surface area (Å²) in [5, 5.41) is 2.82. The van der Waals surface area contributed by atoms with Crippen LogP contribution in [-0.2, 0) is 17.4 Å². The summed E-state index contributed by atoms with van der Waals surface area (Å²) in [6.07, 6.45) is -4.41. The zero-order valence-corrected chi connectivity index (χ0v) is 14.7. The highest BCUT2D eigenvalue weighted by molar-refractivity contribution is 5.79. The molecule has 7 heteroatoms. The SMILES string of the molecule is COc1ccc(OC)c(C(C)NC(=O)Cc2ccc(C(F)(F)F)cc2)c1. The van der Waals surface area contributed by atoms with Crippen molar-refractivity contribution in [3.63, 3.8) is 0 Å². The Morgan fingerprint density at radius 1 is 1.08 bits per heavy atom. The molecule has 26 heavy (non-hydrogen) atoms. The highest BCUT2D eigenvalue weighted by Gasteiger charge is 2.30. The van der Waals surface area contributed by atoms with Gasteiger partial charge in [0.25, 0.3) is 0 Å². The lowest BCUT2D eigenvalue weighted by Gasteiger charge is -2.18. The maximum absolute atomic E-state index is 12.6. The molecule has 1 N–H and O–H groups in total. The minimum Gasteiger partial charge on any atom is -0.497 e. The minimum atomic E-state index is -4.39.